The van der Waals surface area contributed by atoms with E-state index in [9.17, 15) is 9.59 Å². The van der Waals surface area contributed by atoms with Crippen LogP contribution >= 0.6 is 0 Å². The van der Waals surface area contributed by atoms with E-state index < -0.39 is 5.97 Å². The van der Waals surface area contributed by atoms with Crippen LogP contribution in [-0.2, 0) is 11.2 Å². The Morgan fingerprint density at radius 2 is 2.33 bits per heavy atom. The van der Waals surface area contributed by atoms with E-state index in [1.807, 2.05) is 6.92 Å². The van der Waals surface area contributed by atoms with Crippen molar-refractivity contribution in [2.24, 2.45) is 0 Å². The van der Waals surface area contributed by atoms with Crippen LogP contribution in [0.3, 0.4) is 0 Å². The Morgan fingerprint density at radius 1 is 1.56 bits per heavy atom. The highest BCUT2D eigenvalue weighted by atomic mass is 16.4. The monoisotopic (exact) mass is 254 g/mol. The van der Waals surface area contributed by atoms with Gasteiger partial charge >= 0.3 is 12.0 Å². The molecule has 0 fully saturated rings. The molecule has 1 aromatic rings. The van der Waals surface area contributed by atoms with Crippen LogP contribution < -0.4 is 10.6 Å². The molecule has 0 saturated carbocycles. The number of aromatic amines is 1. The molecule has 0 saturated heterocycles. The Hall–Kier alpha value is -2.05. The van der Waals surface area contributed by atoms with E-state index in [4.69, 9.17) is 5.11 Å². The van der Waals surface area contributed by atoms with E-state index in [-0.39, 0.29) is 18.5 Å². The molecule has 18 heavy (non-hydrogen) atoms. The molecule has 2 amide bonds. The van der Waals surface area contributed by atoms with Gasteiger partial charge in [0, 0.05) is 30.9 Å². The van der Waals surface area contributed by atoms with E-state index in [0.717, 1.165) is 5.69 Å². The fourth-order valence-corrected chi connectivity index (χ4v) is 1.48. The van der Waals surface area contributed by atoms with E-state index in [2.05, 4.69) is 20.6 Å². The molecule has 4 N–H and O–H groups in total. The molecule has 7 heteroatoms. The van der Waals surface area contributed by atoms with Gasteiger partial charge in [-0.1, -0.05) is 6.92 Å². The van der Waals surface area contributed by atoms with E-state index in [1.54, 1.807) is 12.5 Å². The molecule has 1 atom stereocenters. The Balaban J connectivity index is 2.21. The van der Waals surface area contributed by atoms with Crippen molar-refractivity contribution in [2.75, 3.05) is 6.54 Å². The third-order valence-corrected chi connectivity index (χ3v) is 2.48. The van der Waals surface area contributed by atoms with Crippen molar-refractivity contribution in [1.82, 2.24) is 20.6 Å². The lowest BCUT2D eigenvalue weighted by atomic mass is 10.1. The Bertz CT molecular complexity index is 378. The maximum Gasteiger partial charge on any atom is 0.315 e. The molecule has 1 rings (SSSR count). The molecule has 0 aliphatic rings. The average molecular weight is 254 g/mol. The van der Waals surface area contributed by atoms with Crippen molar-refractivity contribution < 1.29 is 14.7 Å². The number of urea groups is 1. The third kappa shape index (κ3) is 5.33. The Labute approximate surface area is 105 Å². The molecule has 1 unspecified atom stereocenters. The summed E-state index contributed by atoms with van der Waals surface area (Å²) in [5.41, 5.74) is 0.938. The van der Waals surface area contributed by atoms with E-state index in [1.165, 1.54) is 0 Å². The predicted octanol–water partition coefficient (Wildman–Crippen LogP) is 0.505. The van der Waals surface area contributed by atoms with Gasteiger partial charge in [-0.25, -0.2) is 9.78 Å². The molecule has 0 bridgehead atoms. The summed E-state index contributed by atoms with van der Waals surface area (Å²) in [6, 6.07) is -0.683. The second-order valence-corrected chi connectivity index (χ2v) is 3.93. The standard InChI is InChI=1S/C11H18N4O3/c1-2-8(5-10(16)17)15-11(18)13-4-3-9-6-12-7-14-9/h6-8H,2-5H2,1H3,(H,12,14)(H,16,17)(H2,13,15,18). The predicted molar refractivity (Wildman–Crippen MR) is 65.2 cm³/mol. The van der Waals surface area contributed by atoms with Gasteiger partial charge in [-0.3, -0.25) is 4.79 Å². The molecule has 0 aliphatic heterocycles. The highest BCUT2D eigenvalue weighted by molar-refractivity contribution is 5.75. The van der Waals surface area contributed by atoms with Crippen LogP contribution in [0.15, 0.2) is 12.5 Å². The average Bonchev–Trinajstić information content (AvgIpc) is 2.80. The number of hydrogen-bond acceptors (Lipinski definition) is 3. The number of hydrogen-bond donors (Lipinski definition) is 4. The summed E-state index contributed by atoms with van der Waals surface area (Å²) >= 11 is 0. The summed E-state index contributed by atoms with van der Waals surface area (Å²) in [5.74, 6) is -0.917. The number of amides is 2. The highest BCUT2D eigenvalue weighted by Gasteiger charge is 2.13. The number of H-pyrrole nitrogens is 1. The number of imidazole rings is 1. The number of aliphatic carboxylic acids is 1. The van der Waals surface area contributed by atoms with Gasteiger partial charge in [0.2, 0.25) is 0 Å². The van der Waals surface area contributed by atoms with Gasteiger partial charge in [0.05, 0.1) is 12.7 Å². The first-order valence-electron chi connectivity index (χ1n) is 5.85. The summed E-state index contributed by atoms with van der Waals surface area (Å²) in [5, 5.41) is 13.9. The molecule has 0 radical (unpaired) electrons. The fraction of sp³-hybridized carbons (Fsp3) is 0.545. The van der Waals surface area contributed by atoms with Crippen LogP contribution in [0.25, 0.3) is 0 Å². The van der Waals surface area contributed by atoms with Gasteiger partial charge in [-0.2, -0.15) is 0 Å². The number of carboxylic acids is 1. The van der Waals surface area contributed by atoms with Crippen molar-refractivity contribution in [3.8, 4) is 0 Å². The number of carbonyl (C=O) groups excluding carboxylic acids is 1. The quantitative estimate of drug-likeness (QED) is 0.568. The minimum atomic E-state index is -0.917. The molecule has 7 nitrogen and oxygen atoms in total. The van der Waals surface area contributed by atoms with Gasteiger partial charge in [-0.05, 0) is 6.42 Å². The summed E-state index contributed by atoms with van der Waals surface area (Å²) in [7, 11) is 0. The zero-order valence-electron chi connectivity index (χ0n) is 10.3. The lowest BCUT2D eigenvalue weighted by molar-refractivity contribution is -0.137. The van der Waals surface area contributed by atoms with E-state index >= 15 is 0 Å². The SMILES string of the molecule is CCC(CC(=O)O)NC(=O)NCCc1cnc[nH]1. The fourth-order valence-electron chi connectivity index (χ4n) is 1.48. The topological polar surface area (TPSA) is 107 Å². The summed E-state index contributed by atoms with van der Waals surface area (Å²) in [4.78, 5) is 28.8. The number of carboxylic acid groups (broad SMARTS) is 1. The van der Waals surface area contributed by atoms with Crippen molar-refractivity contribution in [1.29, 1.82) is 0 Å². The van der Waals surface area contributed by atoms with Crippen LogP contribution in [-0.4, -0.2) is 39.7 Å². The van der Waals surface area contributed by atoms with Gasteiger partial charge in [0.15, 0.2) is 0 Å². The first-order valence-corrected chi connectivity index (χ1v) is 5.85. The van der Waals surface area contributed by atoms with Crippen LogP contribution in [0, 0.1) is 0 Å². The Kier molecular flexibility index (Phi) is 5.69. The molecule has 1 heterocycles. The first kappa shape index (κ1) is 14.0. The summed E-state index contributed by atoms with van der Waals surface area (Å²) in [6.07, 6.45) is 4.45. The normalized spacial score (nSPS) is 11.8. The minimum Gasteiger partial charge on any atom is -0.481 e. The molecular formula is C11H18N4O3. The van der Waals surface area contributed by atoms with Crippen LogP contribution in [0.2, 0.25) is 0 Å². The molecule has 100 valence electrons. The van der Waals surface area contributed by atoms with Gasteiger partial charge < -0.3 is 20.7 Å². The van der Waals surface area contributed by atoms with Crippen LogP contribution in [0.4, 0.5) is 4.79 Å². The lowest BCUT2D eigenvalue weighted by Crippen LogP contribution is -2.43. The number of nitrogens with zero attached hydrogens (tertiary/aromatic N) is 1. The first-order chi connectivity index (χ1) is 8.61. The van der Waals surface area contributed by atoms with E-state index in [0.29, 0.717) is 19.4 Å². The van der Waals surface area contributed by atoms with Gasteiger partial charge in [-0.15, -0.1) is 0 Å². The number of carbonyl (C=O) groups is 2. The zero-order valence-corrected chi connectivity index (χ0v) is 10.3. The lowest BCUT2D eigenvalue weighted by Gasteiger charge is -2.15. The van der Waals surface area contributed by atoms with Crippen molar-refractivity contribution in [2.45, 2.75) is 32.2 Å². The molecule has 1 aromatic heterocycles. The zero-order chi connectivity index (χ0) is 13.4. The highest BCUT2D eigenvalue weighted by Crippen LogP contribution is 1.97. The second-order valence-electron chi connectivity index (χ2n) is 3.93. The molecule has 0 aromatic carbocycles. The third-order valence-electron chi connectivity index (χ3n) is 2.48. The van der Waals surface area contributed by atoms with Crippen molar-refractivity contribution in [3.63, 3.8) is 0 Å². The van der Waals surface area contributed by atoms with Crippen LogP contribution in [0.5, 0.6) is 0 Å². The maximum atomic E-state index is 11.5. The summed E-state index contributed by atoms with van der Waals surface area (Å²) in [6.45, 7) is 2.30. The smallest absolute Gasteiger partial charge is 0.315 e. The maximum absolute atomic E-state index is 11.5. The number of rotatable bonds is 7. The van der Waals surface area contributed by atoms with Crippen molar-refractivity contribution >= 4 is 12.0 Å². The van der Waals surface area contributed by atoms with Crippen molar-refractivity contribution in [3.05, 3.63) is 18.2 Å². The molecule has 0 spiro atoms. The Morgan fingerprint density at radius 3 is 2.89 bits per heavy atom. The molecular weight excluding hydrogens is 236 g/mol. The van der Waals surface area contributed by atoms with Gasteiger partial charge in [0.1, 0.15) is 0 Å². The largest absolute Gasteiger partial charge is 0.481 e. The molecule has 0 aliphatic carbocycles. The van der Waals surface area contributed by atoms with Gasteiger partial charge in [0.25, 0.3) is 0 Å². The number of nitrogens with one attached hydrogen (secondary N) is 3. The second kappa shape index (κ2) is 7.31. The number of aromatic nitrogens is 2. The minimum absolute atomic E-state index is 0.0650. The summed E-state index contributed by atoms with van der Waals surface area (Å²) < 4.78 is 0. The van der Waals surface area contributed by atoms with Crippen LogP contribution in [0.1, 0.15) is 25.5 Å².